The number of hydrogen-bond donors (Lipinski definition) is 1. The van der Waals surface area contributed by atoms with E-state index in [9.17, 15) is 14.7 Å². The number of imidazole rings is 1. The van der Waals surface area contributed by atoms with Crippen molar-refractivity contribution >= 4 is 5.91 Å². The smallest absolute Gasteiger partial charge is 0.331 e. The highest BCUT2D eigenvalue weighted by molar-refractivity contribution is 5.77. The molecule has 1 aliphatic carbocycles. The van der Waals surface area contributed by atoms with E-state index < -0.39 is 0 Å². The fraction of sp³-hybridized carbons (Fsp3) is 0.600. The molecule has 1 aromatic carbocycles. The fourth-order valence-electron chi connectivity index (χ4n) is 5.21. The Kier molecular flexibility index (Phi) is 7.15. The zero-order valence-corrected chi connectivity index (χ0v) is 18.5. The van der Waals surface area contributed by atoms with Crippen molar-refractivity contribution in [2.75, 3.05) is 13.1 Å². The number of carbonyl (C=O) groups excluding carboxylic acids is 1. The van der Waals surface area contributed by atoms with Gasteiger partial charge in [-0.25, -0.2) is 4.79 Å². The lowest BCUT2D eigenvalue weighted by Gasteiger charge is -2.22. The Morgan fingerprint density at radius 3 is 2.39 bits per heavy atom. The number of likely N-dealkylation sites (tertiary alicyclic amines) is 1. The van der Waals surface area contributed by atoms with E-state index in [1.54, 1.807) is 9.13 Å². The van der Waals surface area contributed by atoms with E-state index in [1.165, 1.54) is 12.0 Å². The Morgan fingerprint density at radius 1 is 0.903 bits per heavy atom. The molecule has 31 heavy (non-hydrogen) atoms. The number of hydrogen-bond acceptors (Lipinski definition) is 3. The predicted octanol–water partition coefficient (Wildman–Crippen LogP) is 4.05. The highest BCUT2D eigenvalue weighted by Crippen LogP contribution is 2.32. The topological polar surface area (TPSA) is 67.5 Å². The van der Waals surface area contributed by atoms with Crippen molar-refractivity contribution in [3.8, 4) is 5.88 Å². The third-order valence-corrected chi connectivity index (χ3v) is 6.89. The van der Waals surface area contributed by atoms with Crippen molar-refractivity contribution < 1.29 is 9.90 Å². The highest BCUT2D eigenvalue weighted by Gasteiger charge is 2.26. The van der Waals surface area contributed by atoms with Gasteiger partial charge in [0.1, 0.15) is 0 Å². The van der Waals surface area contributed by atoms with Crippen molar-refractivity contribution in [1.82, 2.24) is 14.0 Å². The summed E-state index contributed by atoms with van der Waals surface area (Å²) in [5.74, 6) is 0.389. The van der Waals surface area contributed by atoms with Gasteiger partial charge in [0.2, 0.25) is 11.8 Å². The summed E-state index contributed by atoms with van der Waals surface area (Å²) in [7, 11) is 0. The molecule has 2 fully saturated rings. The molecular formula is C25H35N3O3. The van der Waals surface area contributed by atoms with Crippen LogP contribution in [0.3, 0.4) is 0 Å². The third-order valence-electron chi connectivity index (χ3n) is 6.89. The quantitative estimate of drug-likeness (QED) is 0.659. The fourth-order valence-corrected chi connectivity index (χ4v) is 5.21. The first kappa shape index (κ1) is 21.7. The molecule has 0 bridgehead atoms. The van der Waals surface area contributed by atoms with Crippen LogP contribution < -0.4 is 5.69 Å². The summed E-state index contributed by atoms with van der Waals surface area (Å²) < 4.78 is 3.45. The molecule has 4 rings (SSSR count). The highest BCUT2D eigenvalue weighted by atomic mass is 16.3. The number of aromatic nitrogens is 2. The van der Waals surface area contributed by atoms with Crippen LogP contribution in [0.15, 0.2) is 35.1 Å². The monoisotopic (exact) mass is 425 g/mol. The average Bonchev–Trinajstić information content (AvgIpc) is 3.30. The molecule has 1 saturated carbocycles. The van der Waals surface area contributed by atoms with Crippen molar-refractivity contribution in [2.24, 2.45) is 0 Å². The molecule has 1 amide bonds. The van der Waals surface area contributed by atoms with Gasteiger partial charge in [-0.15, -0.1) is 0 Å². The van der Waals surface area contributed by atoms with Gasteiger partial charge in [0.05, 0.1) is 5.69 Å². The van der Waals surface area contributed by atoms with Crippen LogP contribution in [-0.2, 0) is 24.2 Å². The molecule has 1 saturated heterocycles. The maximum absolute atomic E-state index is 13.3. The molecule has 6 heteroatoms. The first-order valence-electron chi connectivity index (χ1n) is 12.0. The summed E-state index contributed by atoms with van der Waals surface area (Å²) in [5, 5.41) is 11.1. The number of aryl methyl sites for hydroxylation is 1. The molecule has 2 aliphatic rings. The minimum Gasteiger partial charge on any atom is -0.493 e. The minimum atomic E-state index is -0.0770. The summed E-state index contributed by atoms with van der Waals surface area (Å²) in [5.41, 5.74) is 1.96. The maximum atomic E-state index is 13.3. The van der Waals surface area contributed by atoms with Crippen molar-refractivity contribution in [1.29, 1.82) is 0 Å². The second kappa shape index (κ2) is 10.2. The van der Waals surface area contributed by atoms with Gasteiger partial charge < -0.3 is 10.0 Å². The normalized spacial score (nSPS) is 17.5. The molecule has 0 atom stereocenters. The lowest BCUT2D eigenvalue weighted by Crippen LogP contribution is -2.31. The summed E-state index contributed by atoms with van der Waals surface area (Å²) in [6.07, 6.45) is 10.2. The predicted molar refractivity (Wildman–Crippen MR) is 121 cm³/mol. The lowest BCUT2D eigenvalue weighted by molar-refractivity contribution is -0.127. The van der Waals surface area contributed by atoms with Crippen molar-refractivity contribution in [3.63, 3.8) is 0 Å². The number of aromatic hydroxyl groups is 1. The summed E-state index contributed by atoms with van der Waals surface area (Å²) >= 11 is 0. The number of amides is 1. The molecule has 0 spiro atoms. The number of rotatable bonds is 9. The van der Waals surface area contributed by atoms with Crippen LogP contribution >= 0.6 is 0 Å². The average molecular weight is 426 g/mol. The lowest BCUT2D eigenvalue weighted by atomic mass is 9.95. The van der Waals surface area contributed by atoms with Crippen LogP contribution in [0, 0.1) is 0 Å². The Bertz CT molecular complexity index is 925. The van der Waals surface area contributed by atoms with Gasteiger partial charge in [0, 0.05) is 32.1 Å². The summed E-state index contributed by atoms with van der Waals surface area (Å²) in [6.45, 7) is 2.06. The van der Waals surface area contributed by atoms with Crippen LogP contribution in [0.5, 0.6) is 5.88 Å². The molecule has 168 valence electrons. The Labute approximate surface area is 184 Å². The molecule has 0 radical (unpaired) electrons. The van der Waals surface area contributed by atoms with Gasteiger partial charge in [-0.05, 0) is 50.5 Å². The van der Waals surface area contributed by atoms with E-state index in [1.807, 2.05) is 23.1 Å². The largest absolute Gasteiger partial charge is 0.493 e. The van der Waals surface area contributed by atoms with E-state index in [0.717, 1.165) is 63.6 Å². The first-order valence-corrected chi connectivity index (χ1v) is 12.0. The van der Waals surface area contributed by atoms with Crippen LogP contribution in [0.25, 0.3) is 0 Å². The van der Waals surface area contributed by atoms with Gasteiger partial charge >= 0.3 is 5.69 Å². The number of benzene rings is 1. The Morgan fingerprint density at radius 2 is 1.68 bits per heavy atom. The second-order valence-corrected chi connectivity index (χ2v) is 9.04. The third kappa shape index (κ3) is 5.05. The standard InChI is InChI=1S/C25H35N3O3/c29-23-16-8-17-26(23)18-9-19-27-22(15-7-12-20-10-3-1-4-11-20)24(30)28(25(27)31)21-13-5-2-6-14-21/h1,3-4,10-11,21,30H,2,5-9,12-19H2. The molecule has 2 heterocycles. The van der Waals surface area contributed by atoms with Crippen LogP contribution in [0.2, 0.25) is 0 Å². The van der Waals surface area contributed by atoms with E-state index in [2.05, 4.69) is 12.1 Å². The summed E-state index contributed by atoms with van der Waals surface area (Å²) in [6, 6.07) is 10.4. The van der Waals surface area contributed by atoms with Gasteiger partial charge in [0.25, 0.3) is 0 Å². The van der Waals surface area contributed by atoms with Gasteiger partial charge in [0.15, 0.2) is 0 Å². The van der Waals surface area contributed by atoms with Gasteiger partial charge in [-0.1, -0.05) is 49.6 Å². The molecular weight excluding hydrogens is 390 g/mol. The molecule has 0 unspecified atom stereocenters. The van der Waals surface area contributed by atoms with Crippen LogP contribution in [0.1, 0.15) is 75.1 Å². The van der Waals surface area contributed by atoms with Crippen molar-refractivity contribution in [2.45, 2.75) is 83.2 Å². The molecule has 6 nitrogen and oxygen atoms in total. The van der Waals surface area contributed by atoms with E-state index in [4.69, 9.17) is 0 Å². The van der Waals surface area contributed by atoms with Crippen LogP contribution in [0.4, 0.5) is 0 Å². The Balaban J connectivity index is 1.50. The summed E-state index contributed by atoms with van der Waals surface area (Å²) in [4.78, 5) is 27.1. The second-order valence-electron chi connectivity index (χ2n) is 9.04. The molecule has 1 N–H and O–H groups in total. The maximum Gasteiger partial charge on any atom is 0.331 e. The van der Waals surface area contributed by atoms with Gasteiger partial charge in [-0.3, -0.25) is 13.9 Å². The van der Waals surface area contributed by atoms with E-state index >= 15 is 0 Å². The molecule has 1 aromatic heterocycles. The zero-order chi connectivity index (χ0) is 21.6. The van der Waals surface area contributed by atoms with E-state index in [-0.39, 0.29) is 23.5 Å². The van der Waals surface area contributed by atoms with Crippen molar-refractivity contribution in [3.05, 3.63) is 52.1 Å². The number of nitrogens with zero attached hydrogens (tertiary/aromatic N) is 3. The first-order chi connectivity index (χ1) is 15.1. The molecule has 2 aromatic rings. The Hall–Kier alpha value is -2.50. The number of carbonyl (C=O) groups is 1. The van der Waals surface area contributed by atoms with Crippen LogP contribution in [-0.4, -0.2) is 38.1 Å². The van der Waals surface area contributed by atoms with E-state index in [0.29, 0.717) is 25.9 Å². The van der Waals surface area contributed by atoms with Gasteiger partial charge in [-0.2, -0.15) is 0 Å². The minimum absolute atomic E-state index is 0.0770. The zero-order valence-electron chi connectivity index (χ0n) is 18.5. The SMILES string of the molecule is O=C1CCCN1CCCn1c(CCCc2ccccc2)c(O)n(C2CCCCC2)c1=O. The molecule has 1 aliphatic heterocycles.